The fourth-order valence-electron chi connectivity index (χ4n) is 0.625. The Labute approximate surface area is 88.2 Å². The maximum atomic E-state index is 9.71. The number of hydrogen-bond acceptors (Lipinski definition) is 2. The zero-order valence-corrected chi connectivity index (χ0v) is 9.60. The largest absolute Gasteiger partial charge is 0.542 e. The molecule has 0 fully saturated rings. The molecule has 0 rings (SSSR count). The number of hydrogen-bond donors (Lipinski definition) is 0. The number of carbonyl (C=O) groups excluding carboxylic acids is 1. The number of rotatable bonds is 5. The van der Waals surface area contributed by atoms with Crippen LogP contribution >= 0.6 is 0 Å². The molecule has 0 aromatic heterocycles. The second-order valence-electron chi connectivity index (χ2n) is 2.40. The van der Waals surface area contributed by atoms with E-state index in [2.05, 4.69) is 4.90 Å². The molecule has 1 radical (unpaired) electrons. The van der Waals surface area contributed by atoms with Crippen molar-refractivity contribution >= 4 is 6.29 Å². The van der Waals surface area contributed by atoms with Gasteiger partial charge < -0.3 is 9.69 Å². The Balaban J connectivity index is 0. The summed E-state index contributed by atoms with van der Waals surface area (Å²) in [6, 6.07) is 0. The van der Waals surface area contributed by atoms with Crippen molar-refractivity contribution in [2.24, 2.45) is 0 Å². The van der Waals surface area contributed by atoms with E-state index < -0.39 is 0 Å². The second kappa shape index (κ2) is 9.73. The molecule has 0 saturated heterocycles. The van der Waals surface area contributed by atoms with Gasteiger partial charge in [-0.05, 0) is 27.1 Å². The Morgan fingerprint density at radius 3 is 2.30 bits per heavy atom. The molecule has 0 heterocycles. The van der Waals surface area contributed by atoms with Gasteiger partial charge in [-0.3, -0.25) is 6.29 Å². The van der Waals surface area contributed by atoms with Gasteiger partial charge >= 0.3 is 0 Å². The summed E-state index contributed by atoms with van der Waals surface area (Å²) < 4.78 is 0. The molecule has 0 aromatic rings. The molecule has 0 unspecified atom stereocenters. The van der Waals surface area contributed by atoms with Crippen molar-refractivity contribution in [2.45, 2.75) is 19.3 Å². The smallest absolute Gasteiger partial charge is 0 e. The molecular weight excluding hydrogens is 203 g/mol. The summed E-state index contributed by atoms with van der Waals surface area (Å²) in [5, 5.41) is 0. The van der Waals surface area contributed by atoms with Crippen molar-refractivity contribution in [1.82, 2.24) is 4.90 Å². The first-order chi connectivity index (χ1) is 4.27. The van der Waals surface area contributed by atoms with Crippen LogP contribution in [0.15, 0.2) is 0 Å². The topological polar surface area (TPSA) is 20.3 Å². The Kier molecular flexibility index (Phi) is 13.0. The summed E-state index contributed by atoms with van der Waals surface area (Å²) in [6.45, 7) is 1.07. The second-order valence-corrected chi connectivity index (χ2v) is 2.40. The van der Waals surface area contributed by atoms with Crippen molar-refractivity contribution in [3.63, 3.8) is 0 Å². The zero-order valence-electron chi connectivity index (χ0n) is 6.76. The Hall–Kier alpha value is 0.734. The molecule has 0 aliphatic rings. The maximum absolute atomic E-state index is 9.71. The summed E-state index contributed by atoms with van der Waals surface area (Å²) in [5.41, 5.74) is 0. The molecular formula is C7H14NOY-. The van der Waals surface area contributed by atoms with Crippen LogP contribution in [0.4, 0.5) is 0 Å². The Morgan fingerprint density at radius 2 is 1.90 bits per heavy atom. The molecule has 3 heteroatoms. The van der Waals surface area contributed by atoms with E-state index in [1.807, 2.05) is 20.4 Å². The summed E-state index contributed by atoms with van der Waals surface area (Å²) in [6.07, 6.45) is 4.54. The molecule has 0 saturated carbocycles. The van der Waals surface area contributed by atoms with Gasteiger partial charge in [0, 0.05) is 32.7 Å². The van der Waals surface area contributed by atoms with Gasteiger partial charge in [0.15, 0.2) is 0 Å². The molecule has 2 nitrogen and oxygen atoms in total. The van der Waals surface area contributed by atoms with E-state index in [0.717, 1.165) is 19.4 Å². The van der Waals surface area contributed by atoms with E-state index in [1.54, 1.807) is 0 Å². The van der Waals surface area contributed by atoms with Crippen molar-refractivity contribution in [3.8, 4) is 0 Å². The van der Waals surface area contributed by atoms with Crippen LogP contribution in [0.3, 0.4) is 0 Å². The van der Waals surface area contributed by atoms with Crippen LogP contribution in [-0.4, -0.2) is 31.8 Å². The van der Waals surface area contributed by atoms with Gasteiger partial charge in [0.2, 0.25) is 0 Å². The number of nitrogens with zero attached hydrogens (tertiary/aromatic N) is 1. The molecule has 0 N–H and O–H groups in total. The van der Waals surface area contributed by atoms with Crippen molar-refractivity contribution in [2.75, 3.05) is 20.6 Å². The molecule has 0 aliphatic carbocycles. The molecule has 0 amide bonds. The monoisotopic (exact) mass is 217 g/mol. The van der Waals surface area contributed by atoms with Crippen LogP contribution < -0.4 is 0 Å². The predicted octanol–water partition coefficient (Wildman–Crippen LogP) is 0.826. The van der Waals surface area contributed by atoms with Gasteiger partial charge in [0.05, 0.1) is 0 Å². The average molecular weight is 217 g/mol. The molecule has 0 aliphatic heterocycles. The molecule has 57 valence electrons. The Morgan fingerprint density at radius 1 is 1.30 bits per heavy atom. The van der Waals surface area contributed by atoms with E-state index in [-0.39, 0.29) is 32.7 Å². The minimum absolute atomic E-state index is 0. The first-order valence-electron chi connectivity index (χ1n) is 3.27. The van der Waals surface area contributed by atoms with Crippen molar-refractivity contribution < 1.29 is 37.5 Å². The van der Waals surface area contributed by atoms with E-state index in [4.69, 9.17) is 0 Å². The van der Waals surface area contributed by atoms with Gasteiger partial charge in [-0.2, -0.15) is 6.42 Å². The Bertz CT molecular complexity index is 76.0. The van der Waals surface area contributed by atoms with E-state index in [0.29, 0.717) is 6.42 Å². The predicted molar refractivity (Wildman–Crippen MR) is 38.1 cm³/mol. The van der Waals surface area contributed by atoms with Crippen molar-refractivity contribution in [3.05, 3.63) is 0 Å². The minimum atomic E-state index is 0. The normalized spacial score (nSPS) is 9.10. The molecule has 0 aromatic carbocycles. The first-order valence-corrected chi connectivity index (χ1v) is 3.27. The summed E-state index contributed by atoms with van der Waals surface area (Å²) in [7, 11) is 4.06. The number of unbranched alkanes of at least 4 members (excludes halogenated alkanes) is 2. The van der Waals surface area contributed by atoms with Gasteiger partial charge in [-0.1, -0.05) is 6.42 Å². The third-order valence-corrected chi connectivity index (χ3v) is 1.13. The first kappa shape index (κ1) is 13.3. The standard InChI is InChI=1S/C7H14NO.Y/c1-8(2)6-4-3-5-7-9;/h3-6H2,1-2H3;/q-1;. The minimum Gasteiger partial charge on any atom is -0.542 e. The quantitative estimate of drug-likeness (QED) is 0.502. The summed E-state index contributed by atoms with van der Waals surface area (Å²) in [5.74, 6) is 0. The third kappa shape index (κ3) is 11.5. The fourth-order valence-corrected chi connectivity index (χ4v) is 0.625. The SMILES string of the molecule is CN(C)CCCC[C-]=O.[Y]. The van der Waals surface area contributed by atoms with Crippen LogP contribution in [0.5, 0.6) is 0 Å². The van der Waals surface area contributed by atoms with Crippen molar-refractivity contribution in [1.29, 1.82) is 0 Å². The van der Waals surface area contributed by atoms with Crippen LogP contribution in [0.1, 0.15) is 19.3 Å². The summed E-state index contributed by atoms with van der Waals surface area (Å²) in [4.78, 5) is 11.8. The van der Waals surface area contributed by atoms with Crippen LogP contribution in [0.2, 0.25) is 0 Å². The molecule has 0 bridgehead atoms. The van der Waals surface area contributed by atoms with Crippen LogP contribution in [0.25, 0.3) is 0 Å². The van der Waals surface area contributed by atoms with Gasteiger partial charge in [-0.15, -0.1) is 0 Å². The zero-order chi connectivity index (χ0) is 7.11. The molecule has 0 atom stereocenters. The van der Waals surface area contributed by atoms with Crippen LogP contribution in [-0.2, 0) is 37.5 Å². The van der Waals surface area contributed by atoms with E-state index in [1.165, 1.54) is 0 Å². The average Bonchev–Trinajstić information content (AvgIpc) is 1.80. The van der Waals surface area contributed by atoms with Crippen LogP contribution in [0, 0.1) is 0 Å². The third-order valence-electron chi connectivity index (χ3n) is 1.13. The van der Waals surface area contributed by atoms with Gasteiger partial charge in [-0.25, -0.2) is 0 Å². The molecule has 10 heavy (non-hydrogen) atoms. The molecule has 0 spiro atoms. The van der Waals surface area contributed by atoms with Gasteiger partial charge in [0.25, 0.3) is 0 Å². The maximum Gasteiger partial charge on any atom is 0 e. The van der Waals surface area contributed by atoms with E-state index in [9.17, 15) is 4.79 Å². The van der Waals surface area contributed by atoms with E-state index >= 15 is 0 Å². The summed E-state index contributed by atoms with van der Waals surface area (Å²) >= 11 is 0. The fraction of sp³-hybridized carbons (Fsp3) is 0.857. The van der Waals surface area contributed by atoms with Gasteiger partial charge in [0.1, 0.15) is 0 Å².